The van der Waals surface area contributed by atoms with Gasteiger partial charge in [0.15, 0.2) is 17.0 Å². The molecular formula is C29H30N4O4. The van der Waals surface area contributed by atoms with E-state index in [-0.39, 0.29) is 25.4 Å². The molecule has 0 aliphatic carbocycles. The number of hydrogen-bond acceptors (Lipinski definition) is 6. The van der Waals surface area contributed by atoms with Crippen molar-refractivity contribution in [2.45, 2.75) is 18.5 Å². The molecule has 3 aromatic carbocycles. The Morgan fingerprint density at radius 3 is 2.19 bits per heavy atom. The number of carbonyl (C=O) groups is 2. The summed E-state index contributed by atoms with van der Waals surface area (Å²) >= 11 is 0. The summed E-state index contributed by atoms with van der Waals surface area (Å²) < 4.78 is 10.9. The molecule has 3 aliphatic heterocycles. The summed E-state index contributed by atoms with van der Waals surface area (Å²) in [4.78, 5) is 33.0. The van der Waals surface area contributed by atoms with E-state index in [0.717, 1.165) is 55.3 Å². The Morgan fingerprint density at radius 2 is 1.43 bits per heavy atom. The lowest BCUT2D eigenvalue weighted by Crippen LogP contribution is -2.51. The van der Waals surface area contributed by atoms with Crippen LogP contribution in [0.1, 0.15) is 16.7 Å². The largest absolute Gasteiger partial charge is 0.454 e. The molecule has 190 valence electrons. The maximum absolute atomic E-state index is 13.9. The van der Waals surface area contributed by atoms with E-state index < -0.39 is 5.54 Å². The number of rotatable bonds is 7. The van der Waals surface area contributed by atoms with E-state index in [1.807, 2.05) is 72.8 Å². The molecule has 3 aromatic rings. The molecule has 0 saturated carbocycles. The highest BCUT2D eigenvalue weighted by molar-refractivity contribution is 6.07. The van der Waals surface area contributed by atoms with E-state index in [4.69, 9.17) is 9.47 Å². The number of carbonyl (C=O) groups excluding carboxylic acids is 2. The van der Waals surface area contributed by atoms with Crippen molar-refractivity contribution >= 4 is 11.9 Å². The average molecular weight is 499 g/mol. The fourth-order valence-electron chi connectivity index (χ4n) is 5.38. The van der Waals surface area contributed by atoms with Crippen molar-refractivity contribution in [3.63, 3.8) is 0 Å². The molecular weight excluding hydrogens is 468 g/mol. The van der Waals surface area contributed by atoms with Crippen molar-refractivity contribution < 1.29 is 19.1 Å². The third kappa shape index (κ3) is 4.65. The van der Waals surface area contributed by atoms with Gasteiger partial charge in [-0.2, -0.15) is 0 Å². The van der Waals surface area contributed by atoms with Crippen LogP contribution in [-0.2, 0) is 23.3 Å². The van der Waals surface area contributed by atoms with Gasteiger partial charge in [0.25, 0.3) is 5.91 Å². The van der Waals surface area contributed by atoms with Gasteiger partial charge in [0.2, 0.25) is 6.79 Å². The predicted octanol–water partition coefficient (Wildman–Crippen LogP) is 3.18. The number of amides is 3. The van der Waals surface area contributed by atoms with Crippen molar-refractivity contribution in [3.05, 3.63) is 95.6 Å². The summed E-state index contributed by atoms with van der Waals surface area (Å²) in [5.74, 6) is 1.39. The molecule has 3 aliphatic rings. The van der Waals surface area contributed by atoms with Gasteiger partial charge in [-0.3, -0.25) is 14.6 Å². The second kappa shape index (κ2) is 9.88. The number of benzene rings is 3. The number of hydrogen-bond donors (Lipinski definition) is 1. The van der Waals surface area contributed by atoms with Gasteiger partial charge >= 0.3 is 6.03 Å². The monoisotopic (exact) mass is 498 g/mol. The third-order valence-electron chi connectivity index (χ3n) is 7.40. The van der Waals surface area contributed by atoms with Crippen LogP contribution in [0.15, 0.2) is 78.9 Å². The van der Waals surface area contributed by atoms with Gasteiger partial charge < -0.3 is 14.8 Å². The first-order chi connectivity index (χ1) is 18.1. The maximum Gasteiger partial charge on any atom is 0.326 e. The zero-order valence-corrected chi connectivity index (χ0v) is 20.6. The van der Waals surface area contributed by atoms with Crippen LogP contribution in [0, 0.1) is 0 Å². The van der Waals surface area contributed by atoms with E-state index in [0.29, 0.717) is 6.42 Å². The van der Waals surface area contributed by atoms with Crippen LogP contribution in [0.3, 0.4) is 0 Å². The molecule has 37 heavy (non-hydrogen) atoms. The van der Waals surface area contributed by atoms with Gasteiger partial charge in [0.05, 0.1) is 6.67 Å². The first-order valence-electron chi connectivity index (χ1n) is 12.7. The Hall–Kier alpha value is -3.88. The van der Waals surface area contributed by atoms with Crippen molar-refractivity contribution in [3.8, 4) is 11.5 Å². The van der Waals surface area contributed by atoms with Gasteiger partial charge in [0, 0.05) is 39.1 Å². The summed E-state index contributed by atoms with van der Waals surface area (Å²) in [5.41, 5.74) is 1.87. The number of nitrogens with one attached hydrogen (secondary N) is 1. The minimum absolute atomic E-state index is 0.199. The number of urea groups is 1. The number of piperazine rings is 1. The summed E-state index contributed by atoms with van der Waals surface area (Å²) in [5, 5.41) is 3.06. The highest BCUT2D eigenvalue weighted by atomic mass is 16.7. The zero-order valence-electron chi connectivity index (χ0n) is 20.6. The summed E-state index contributed by atoms with van der Waals surface area (Å²) in [7, 11) is 0. The van der Waals surface area contributed by atoms with Crippen LogP contribution in [0.5, 0.6) is 11.5 Å². The standard InChI is InChI=1S/C29H30N4O4/c34-27-29(24-9-5-2-6-10-24,18-22-7-3-1-4-8-22)30-28(35)33(27)20-32-15-13-31(14-16-32)19-23-11-12-25-26(17-23)37-21-36-25/h1-12,17H,13-16,18-21H2,(H,30,35). The number of fused-ring (bicyclic) bond motifs is 1. The van der Waals surface area contributed by atoms with Crippen molar-refractivity contribution in [1.82, 2.24) is 20.0 Å². The van der Waals surface area contributed by atoms with Crippen LogP contribution >= 0.6 is 0 Å². The summed E-state index contributed by atoms with van der Waals surface area (Å²) in [6, 6.07) is 25.1. The molecule has 3 heterocycles. The molecule has 0 aromatic heterocycles. The van der Waals surface area contributed by atoms with Crippen molar-refractivity contribution in [2.24, 2.45) is 0 Å². The molecule has 0 radical (unpaired) electrons. The number of nitrogens with zero attached hydrogens (tertiary/aromatic N) is 3. The molecule has 0 bridgehead atoms. The SMILES string of the molecule is O=C1NC(Cc2ccccc2)(c2ccccc2)C(=O)N1CN1CCN(Cc2ccc3c(c2)OCO3)CC1. The predicted molar refractivity (Wildman–Crippen MR) is 138 cm³/mol. The van der Waals surface area contributed by atoms with Crippen LogP contribution in [0.25, 0.3) is 0 Å². The molecule has 0 spiro atoms. The normalized spacial score (nSPS) is 21.9. The molecule has 1 atom stereocenters. The molecule has 3 amide bonds. The lowest BCUT2D eigenvalue weighted by Gasteiger charge is -2.36. The molecule has 1 unspecified atom stereocenters. The lowest BCUT2D eigenvalue weighted by molar-refractivity contribution is -0.133. The van der Waals surface area contributed by atoms with Crippen molar-refractivity contribution in [1.29, 1.82) is 0 Å². The van der Waals surface area contributed by atoms with E-state index in [2.05, 4.69) is 21.2 Å². The second-order valence-electron chi connectivity index (χ2n) is 9.82. The van der Waals surface area contributed by atoms with E-state index in [1.54, 1.807) is 0 Å². The molecule has 8 heteroatoms. The van der Waals surface area contributed by atoms with Crippen LogP contribution < -0.4 is 14.8 Å². The van der Waals surface area contributed by atoms with Gasteiger partial charge in [-0.05, 0) is 28.8 Å². The van der Waals surface area contributed by atoms with E-state index in [1.165, 1.54) is 10.5 Å². The molecule has 6 rings (SSSR count). The minimum Gasteiger partial charge on any atom is -0.454 e. The molecule has 2 fully saturated rings. The first-order valence-corrected chi connectivity index (χ1v) is 12.7. The quantitative estimate of drug-likeness (QED) is 0.505. The smallest absolute Gasteiger partial charge is 0.326 e. The Labute approximate surface area is 216 Å². The van der Waals surface area contributed by atoms with Gasteiger partial charge in [0.1, 0.15) is 0 Å². The summed E-state index contributed by atoms with van der Waals surface area (Å²) in [6.07, 6.45) is 0.405. The number of imide groups is 1. The van der Waals surface area contributed by atoms with Gasteiger partial charge in [-0.1, -0.05) is 66.7 Å². The second-order valence-corrected chi connectivity index (χ2v) is 9.82. The van der Waals surface area contributed by atoms with Gasteiger partial charge in [-0.15, -0.1) is 0 Å². The van der Waals surface area contributed by atoms with Crippen molar-refractivity contribution in [2.75, 3.05) is 39.6 Å². The molecule has 8 nitrogen and oxygen atoms in total. The summed E-state index contributed by atoms with van der Waals surface area (Å²) in [6.45, 7) is 4.64. The first kappa shape index (κ1) is 23.5. The van der Waals surface area contributed by atoms with E-state index >= 15 is 0 Å². The lowest BCUT2D eigenvalue weighted by atomic mass is 9.83. The minimum atomic E-state index is -1.11. The Kier molecular flexibility index (Phi) is 6.28. The molecule has 1 N–H and O–H groups in total. The highest BCUT2D eigenvalue weighted by Crippen LogP contribution is 2.34. The Morgan fingerprint density at radius 1 is 0.757 bits per heavy atom. The van der Waals surface area contributed by atoms with Crippen LogP contribution in [0.2, 0.25) is 0 Å². The maximum atomic E-state index is 13.9. The highest BCUT2D eigenvalue weighted by Gasteiger charge is 2.52. The topological polar surface area (TPSA) is 74.4 Å². The third-order valence-corrected chi connectivity index (χ3v) is 7.40. The van der Waals surface area contributed by atoms with Crippen LogP contribution in [-0.4, -0.2) is 66.3 Å². The number of ether oxygens (including phenoxy) is 2. The molecule has 2 saturated heterocycles. The van der Waals surface area contributed by atoms with Gasteiger partial charge in [-0.25, -0.2) is 9.69 Å². The fourth-order valence-corrected chi connectivity index (χ4v) is 5.38. The fraction of sp³-hybridized carbons (Fsp3) is 0.310. The van der Waals surface area contributed by atoms with E-state index in [9.17, 15) is 9.59 Å². The Bertz CT molecular complexity index is 1280. The average Bonchev–Trinajstić information content (AvgIpc) is 3.49. The van der Waals surface area contributed by atoms with Crippen LogP contribution in [0.4, 0.5) is 4.79 Å². The Balaban J connectivity index is 1.12. The zero-order chi connectivity index (χ0) is 25.2.